The maximum atomic E-state index is 9.60. The molecule has 0 saturated heterocycles. The molecule has 0 saturated carbocycles. The molecule has 90 valence electrons. The maximum Gasteiger partial charge on any atom is 0.124 e. The topological polar surface area (TPSA) is 55.5 Å². The minimum absolute atomic E-state index is 0.102. The first-order chi connectivity index (χ1) is 7.29. The van der Waals surface area contributed by atoms with E-state index in [0.717, 1.165) is 15.8 Å². The second kappa shape index (κ2) is 5.17. The lowest BCUT2D eigenvalue weighted by atomic mass is 10.1. The molecule has 0 bridgehead atoms. The Labute approximate surface area is 105 Å². The quantitative estimate of drug-likeness (QED) is 0.895. The third-order valence-corrected chi connectivity index (χ3v) is 2.54. The van der Waals surface area contributed by atoms with Gasteiger partial charge in [-0.05, 0) is 39.0 Å². The van der Waals surface area contributed by atoms with E-state index in [2.05, 4.69) is 15.9 Å². The van der Waals surface area contributed by atoms with E-state index < -0.39 is 5.60 Å². The Morgan fingerprint density at radius 3 is 2.62 bits per heavy atom. The zero-order valence-electron chi connectivity index (χ0n) is 9.83. The van der Waals surface area contributed by atoms with Gasteiger partial charge in [-0.15, -0.1) is 0 Å². The lowest BCUT2D eigenvalue weighted by molar-refractivity contribution is 0.0280. The molecular formula is C12H18BrNO2. The molecule has 3 N–H and O–H groups in total. The Balaban J connectivity index is 2.87. The molecule has 0 unspecified atom stereocenters. The van der Waals surface area contributed by atoms with Gasteiger partial charge in [-0.1, -0.05) is 15.9 Å². The largest absolute Gasteiger partial charge is 0.490 e. The number of benzene rings is 1. The first-order valence-electron chi connectivity index (χ1n) is 5.20. The van der Waals surface area contributed by atoms with Crippen LogP contribution in [-0.4, -0.2) is 17.3 Å². The van der Waals surface area contributed by atoms with Crippen molar-refractivity contribution >= 4 is 15.9 Å². The predicted octanol–water partition coefficient (Wildman–Crippen LogP) is 2.62. The number of halogens is 1. The van der Waals surface area contributed by atoms with Gasteiger partial charge >= 0.3 is 0 Å². The molecule has 0 fully saturated rings. The molecule has 0 heterocycles. The van der Waals surface area contributed by atoms with Crippen molar-refractivity contribution in [2.45, 2.75) is 32.4 Å². The van der Waals surface area contributed by atoms with Gasteiger partial charge in [-0.3, -0.25) is 0 Å². The summed E-state index contributed by atoms with van der Waals surface area (Å²) in [4.78, 5) is 0. The van der Waals surface area contributed by atoms with Gasteiger partial charge in [0.05, 0.1) is 5.60 Å². The van der Waals surface area contributed by atoms with Gasteiger partial charge in [-0.25, -0.2) is 0 Å². The van der Waals surface area contributed by atoms with E-state index in [9.17, 15) is 5.11 Å². The number of aliphatic hydroxyl groups is 1. The monoisotopic (exact) mass is 287 g/mol. The SMILES string of the molecule is C[C@@H](N)c1cc(Br)ccc1OCC(C)(C)O. The van der Waals surface area contributed by atoms with Crippen LogP contribution in [0.2, 0.25) is 0 Å². The molecule has 4 heteroatoms. The van der Waals surface area contributed by atoms with Crippen molar-refractivity contribution in [1.29, 1.82) is 0 Å². The van der Waals surface area contributed by atoms with Crippen LogP contribution in [0.1, 0.15) is 32.4 Å². The molecular weight excluding hydrogens is 270 g/mol. The van der Waals surface area contributed by atoms with E-state index in [1.54, 1.807) is 13.8 Å². The van der Waals surface area contributed by atoms with Crippen LogP contribution in [0.25, 0.3) is 0 Å². The lowest BCUT2D eigenvalue weighted by Gasteiger charge is -2.20. The Hall–Kier alpha value is -0.580. The third kappa shape index (κ3) is 4.12. The van der Waals surface area contributed by atoms with Crippen LogP contribution in [0.15, 0.2) is 22.7 Å². The summed E-state index contributed by atoms with van der Waals surface area (Å²) in [6, 6.07) is 5.58. The molecule has 0 aliphatic carbocycles. The summed E-state index contributed by atoms with van der Waals surface area (Å²) in [6.45, 7) is 5.56. The van der Waals surface area contributed by atoms with Gasteiger partial charge in [0, 0.05) is 16.1 Å². The molecule has 0 spiro atoms. The number of ether oxygens (including phenoxy) is 1. The standard InChI is InChI=1S/C12H18BrNO2/c1-8(14)10-6-9(13)4-5-11(10)16-7-12(2,3)15/h4-6,8,15H,7,14H2,1-3H3/t8-/m1/s1. The smallest absolute Gasteiger partial charge is 0.124 e. The molecule has 0 aromatic heterocycles. The van der Waals surface area contributed by atoms with Crippen molar-refractivity contribution in [1.82, 2.24) is 0 Å². The number of nitrogens with two attached hydrogens (primary N) is 1. The highest BCUT2D eigenvalue weighted by Gasteiger charge is 2.15. The van der Waals surface area contributed by atoms with Gasteiger partial charge in [0.1, 0.15) is 12.4 Å². The third-order valence-electron chi connectivity index (χ3n) is 2.04. The summed E-state index contributed by atoms with van der Waals surface area (Å²) in [5.41, 5.74) is 5.94. The number of rotatable bonds is 4. The highest BCUT2D eigenvalue weighted by Crippen LogP contribution is 2.28. The first-order valence-corrected chi connectivity index (χ1v) is 5.99. The average molecular weight is 288 g/mol. The van der Waals surface area contributed by atoms with Crippen LogP contribution >= 0.6 is 15.9 Å². The van der Waals surface area contributed by atoms with E-state index in [4.69, 9.17) is 10.5 Å². The lowest BCUT2D eigenvalue weighted by Crippen LogP contribution is -2.28. The summed E-state index contributed by atoms with van der Waals surface area (Å²) < 4.78 is 6.54. The van der Waals surface area contributed by atoms with E-state index in [0.29, 0.717) is 0 Å². The molecule has 1 aromatic rings. The van der Waals surface area contributed by atoms with Crippen LogP contribution in [0, 0.1) is 0 Å². The molecule has 0 aliphatic rings. The summed E-state index contributed by atoms with van der Waals surface area (Å²) in [6.07, 6.45) is 0. The second-order valence-corrected chi connectivity index (χ2v) is 5.49. The van der Waals surface area contributed by atoms with Crippen molar-refractivity contribution in [2.75, 3.05) is 6.61 Å². The number of hydrogen-bond donors (Lipinski definition) is 2. The maximum absolute atomic E-state index is 9.60. The second-order valence-electron chi connectivity index (χ2n) is 4.57. The molecule has 0 radical (unpaired) electrons. The fourth-order valence-electron chi connectivity index (χ4n) is 1.26. The van der Waals surface area contributed by atoms with E-state index in [1.165, 1.54) is 0 Å². The highest BCUT2D eigenvalue weighted by molar-refractivity contribution is 9.10. The fraction of sp³-hybridized carbons (Fsp3) is 0.500. The van der Waals surface area contributed by atoms with Gasteiger partial charge < -0.3 is 15.6 Å². The van der Waals surface area contributed by atoms with Crippen LogP contribution in [0.5, 0.6) is 5.75 Å². The van der Waals surface area contributed by atoms with Crippen molar-refractivity contribution in [3.8, 4) is 5.75 Å². The average Bonchev–Trinajstić information content (AvgIpc) is 2.14. The van der Waals surface area contributed by atoms with Crippen molar-refractivity contribution in [2.24, 2.45) is 5.73 Å². The normalized spacial score (nSPS) is 13.6. The van der Waals surface area contributed by atoms with Gasteiger partial charge in [0.25, 0.3) is 0 Å². The highest BCUT2D eigenvalue weighted by atomic mass is 79.9. The van der Waals surface area contributed by atoms with Crippen molar-refractivity contribution < 1.29 is 9.84 Å². The Morgan fingerprint density at radius 1 is 1.50 bits per heavy atom. The fourth-order valence-corrected chi connectivity index (χ4v) is 1.64. The Kier molecular flexibility index (Phi) is 4.35. The predicted molar refractivity (Wildman–Crippen MR) is 68.5 cm³/mol. The van der Waals surface area contributed by atoms with Gasteiger partial charge in [0.2, 0.25) is 0 Å². The van der Waals surface area contributed by atoms with E-state index >= 15 is 0 Å². The summed E-state index contributed by atoms with van der Waals surface area (Å²) in [5, 5.41) is 9.60. The molecule has 1 atom stereocenters. The zero-order valence-corrected chi connectivity index (χ0v) is 11.4. The molecule has 1 rings (SSSR count). The molecule has 0 aliphatic heterocycles. The molecule has 1 aromatic carbocycles. The minimum atomic E-state index is -0.845. The minimum Gasteiger partial charge on any atom is -0.490 e. The molecule has 0 amide bonds. The van der Waals surface area contributed by atoms with Crippen LogP contribution in [0.3, 0.4) is 0 Å². The van der Waals surface area contributed by atoms with Crippen molar-refractivity contribution in [3.63, 3.8) is 0 Å². The summed E-state index contributed by atoms with van der Waals surface area (Å²) in [7, 11) is 0. The summed E-state index contributed by atoms with van der Waals surface area (Å²) in [5.74, 6) is 0.723. The number of hydrogen-bond acceptors (Lipinski definition) is 3. The van der Waals surface area contributed by atoms with Gasteiger partial charge in [-0.2, -0.15) is 0 Å². The van der Waals surface area contributed by atoms with Crippen LogP contribution < -0.4 is 10.5 Å². The van der Waals surface area contributed by atoms with Crippen LogP contribution in [0.4, 0.5) is 0 Å². The van der Waals surface area contributed by atoms with Crippen LogP contribution in [-0.2, 0) is 0 Å². The first kappa shape index (κ1) is 13.5. The van der Waals surface area contributed by atoms with E-state index in [1.807, 2.05) is 25.1 Å². The van der Waals surface area contributed by atoms with E-state index in [-0.39, 0.29) is 12.6 Å². The Morgan fingerprint density at radius 2 is 2.12 bits per heavy atom. The summed E-state index contributed by atoms with van der Waals surface area (Å²) >= 11 is 3.39. The zero-order chi connectivity index (χ0) is 12.3. The molecule has 16 heavy (non-hydrogen) atoms. The van der Waals surface area contributed by atoms with Gasteiger partial charge in [0.15, 0.2) is 0 Å². The van der Waals surface area contributed by atoms with Crippen molar-refractivity contribution in [3.05, 3.63) is 28.2 Å². The Bertz CT molecular complexity index is 359. The molecule has 3 nitrogen and oxygen atoms in total.